The Morgan fingerprint density at radius 1 is 0.944 bits per heavy atom. The molecule has 1 heteroatoms. The minimum Gasteiger partial charge on any atom is -0.317 e. The fourth-order valence-electron chi connectivity index (χ4n) is 3.33. The van der Waals surface area contributed by atoms with Gasteiger partial charge in [0.1, 0.15) is 0 Å². The van der Waals surface area contributed by atoms with E-state index in [2.05, 4.69) is 45.3 Å². The average Bonchev–Trinajstić information content (AvgIpc) is 2.59. The first-order valence-corrected chi connectivity index (χ1v) is 7.37. The number of nitrogens with one attached hydrogen (secondary N) is 1. The molecule has 100 valence electrons. The van der Waals surface area contributed by atoms with Gasteiger partial charge in [-0.25, -0.2) is 0 Å². The van der Waals surface area contributed by atoms with E-state index in [1.165, 1.54) is 48.8 Å². The first-order valence-electron chi connectivity index (χ1n) is 7.37. The predicted molar refractivity (Wildman–Crippen MR) is 79.3 cm³/mol. The van der Waals surface area contributed by atoms with Crippen molar-refractivity contribution < 1.29 is 0 Å². The van der Waals surface area contributed by atoms with Gasteiger partial charge in [0.05, 0.1) is 0 Å². The number of benzene rings is 1. The molecule has 0 spiro atoms. The summed E-state index contributed by atoms with van der Waals surface area (Å²) in [5.41, 5.74) is 5.95. The van der Waals surface area contributed by atoms with Crippen molar-refractivity contribution in [1.29, 1.82) is 0 Å². The Bertz CT molecular complexity index is 408. The van der Waals surface area contributed by atoms with Crippen molar-refractivity contribution in [1.82, 2.24) is 5.32 Å². The van der Waals surface area contributed by atoms with Crippen molar-refractivity contribution in [2.75, 3.05) is 7.05 Å². The molecule has 0 aliphatic heterocycles. The van der Waals surface area contributed by atoms with E-state index in [-0.39, 0.29) is 0 Å². The highest BCUT2D eigenvalue weighted by molar-refractivity contribution is 5.38. The zero-order valence-electron chi connectivity index (χ0n) is 12.3. The van der Waals surface area contributed by atoms with E-state index >= 15 is 0 Å². The fraction of sp³-hybridized carbons (Fsp3) is 0.647. The number of hydrogen-bond acceptors (Lipinski definition) is 1. The zero-order valence-corrected chi connectivity index (χ0v) is 12.3. The van der Waals surface area contributed by atoms with Crippen LogP contribution < -0.4 is 5.32 Å². The van der Waals surface area contributed by atoms with Crippen LogP contribution >= 0.6 is 0 Å². The normalized spacial score (nSPS) is 24.9. The standard InChI is InChI=1S/C17H27N/c1-12-9-14(3)17(10-13(12)2)15-7-5-6-8-16(11-15)18-4/h9-10,15-16,18H,5-8,11H2,1-4H3. The molecule has 1 saturated carbocycles. The summed E-state index contributed by atoms with van der Waals surface area (Å²) in [7, 11) is 2.11. The Hall–Kier alpha value is -0.820. The van der Waals surface area contributed by atoms with Gasteiger partial charge in [0, 0.05) is 6.04 Å². The van der Waals surface area contributed by atoms with Crippen molar-refractivity contribution in [2.24, 2.45) is 0 Å². The molecule has 1 aliphatic carbocycles. The minimum absolute atomic E-state index is 0.707. The molecule has 0 saturated heterocycles. The Balaban J connectivity index is 2.26. The third-order valence-electron chi connectivity index (χ3n) is 4.65. The van der Waals surface area contributed by atoms with Crippen molar-refractivity contribution in [2.45, 2.75) is 64.8 Å². The largest absolute Gasteiger partial charge is 0.317 e. The lowest BCUT2D eigenvalue weighted by atomic mass is 9.85. The third-order valence-corrected chi connectivity index (χ3v) is 4.65. The van der Waals surface area contributed by atoms with Crippen LogP contribution in [-0.4, -0.2) is 13.1 Å². The number of hydrogen-bond donors (Lipinski definition) is 1. The highest BCUT2D eigenvalue weighted by Crippen LogP contribution is 2.34. The SMILES string of the molecule is CNC1CCCCC(c2cc(C)c(C)cc2C)C1. The predicted octanol–water partition coefficient (Wildman–Crippen LogP) is 4.25. The average molecular weight is 245 g/mol. The highest BCUT2D eigenvalue weighted by Gasteiger charge is 2.21. The van der Waals surface area contributed by atoms with Crippen LogP contribution in [0, 0.1) is 20.8 Å². The second-order valence-electron chi connectivity index (χ2n) is 6.00. The summed E-state index contributed by atoms with van der Waals surface area (Å²) in [6.45, 7) is 6.74. The molecule has 18 heavy (non-hydrogen) atoms. The molecule has 0 heterocycles. The van der Waals surface area contributed by atoms with E-state index in [4.69, 9.17) is 0 Å². The second-order valence-corrected chi connectivity index (χ2v) is 6.00. The molecule has 2 unspecified atom stereocenters. The van der Waals surface area contributed by atoms with Gasteiger partial charge in [-0.05, 0) is 75.3 Å². The molecule has 0 radical (unpaired) electrons. The summed E-state index contributed by atoms with van der Waals surface area (Å²) in [5.74, 6) is 0.754. The van der Waals surface area contributed by atoms with Crippen LogP contribution in [0.2, 0.25) is 0 Å². The van der Waals surface area contributed by atoms with Gasteiger partial charge in [-0.1, -0.05) is 25.0 Å². The van der Waals surface area contributed by atoms with Crippen LogP contribution in [0.5, 0.6) is 0 Å². The first-order chi connectivity index (χ1) is 8.61. The van der Waals surface area contributed by atoms with Gasteiger partial charge in [0.25, 0.3) is 0 Å². The maximum atomic E-state index is 3.49. The van der Waals surface area contributed by atoms with Gasteiger partial charge < -0.3 is 5.32 Å². The fourth-order valence-corrected chi connectivity index (χ4v) is 3.33. The lowest BCUT2D eigenvalue weighted by Crippen LogP contribution is -2.26. The van der Waals surface area contributed by atoms with E-state index in [1.54, 1.807) is 5.56 Å². The van der Waals surface area contributed by atoms with Crippen molar-refractivity contribution >= 4 is 0 Å². The van der Waals surface area contributed by atoms with Crippen molar-refractivity contribution in [3.8, 4) is 0 Å². The van der Waals surface area contributed by atoms with Gasteiger partial charge in [-0.3, -0.25) is 0 Å². The van der Waals surface area contributed by atoms with E-state index in [0.29, 0.717) is 6.04 Å². The molecule has 1 aliphatic rings. The lowest BCUT2D eigenvalue weighted by molar-refractivity contribution is 0.470. The van der Waals surface area contributed by atoms with Gasteiger partial charge in [-0.2, -0.15) is 0 Å². The molecule has 0 aromatic heterocycles. The molecule has 2 rings (SSSR count). The Morgan fingerprint density at radius 2 is 1.61 bits per heavy atom. The topological polar surface area (TPSA) is 12.0 Å². The Kier molecular flexibility index (Phi) is 4.45. The first kappa shape index (κ1) is 13.6. The van der Waals surface area contributed by atoms with Crippen LogP contribution in [0.3, 0.4) is 0 Å². The molecular formula is C17H27N. The van der Waals surface area contributed by atoms with Crippen LogP contribution in [0.15, 0.2) is 12.1 Å². The summed E-state index contributed by atoms with van der Waals surface area (Å²) in [4.78, 5) is 0. The summed E-state index contributed by atoms with van der Waals surface area (Å²) in [5, 5.41) is 3.49. The minimum atomic E-state index is 0.707. The third kappa shape index (κ3) is 2.95. The van der Waals surface area contributed by atoms with Gasteiger partial charge >= 0.3 is 0 Å². The van der Waals surface area contributed by atoms with Crippen molar-refractivity contribution in [3.63, 3.8) is 0 Å². The van der Waals surface area contributed by atoms with Gasteiger partial charge in [0.2, 0.25) is 0 Å². The van der Waals surface area contributed by atoms with Gasteiger partial charge in [0.15, 0.2) is 0 Å². The maximum Gasteiger partial charge on any atom is 0.00698 e. The molecule has 0 bridgehead atoms. The molecule has 1 aromatic carbocycles. The maximum absolute atomic E-state index is 3.49. The summed E-state index contributed by atoms with van der Waals surface area (Å²) < 4.78 is 0. The second kappa shape index (κ2) is 5.88. The number of aryl methyl sites for hydroxylation is 3. The van der Waals surface area contributed by atoms with Crippen LogP contribution in [0.4, 0.5) is 0 Å². The van der Waals surface area contributed by atoms with Crippen molar-refractivity contribution in [3.05, 3.63) is 34.4 Å². The Morgan fingerprint density at radius 3 is 2.33 bits per heavy atom. The van der Waals surface area contributed by atoms with Crippen LogP contribution in [0.25, 0.3) is 0 Å². The van der Waals surface area contributed by atoms with E-state index < -0.39 is 0 Å². The Labute approximate surface area is 112 Å². The van der Waals surface area contributed by atoms with E-state index in [0.717, 1.165) is 5.92 Å². The molecule has 1 nitrogen and oxygen atoms in total. The quantitative estimate of drug-likeness (QED) is 0.768. The summed E-state index contributed by atoms with van der Waals surface area (Å²) >= 11 is 0. The molecule has 1 N–H and O–H groups in total. The van der Waals surface area contributed by atoms with Crippen LogP contribution in [0.1, 0.15) is 60.3 Å². The summed E-state index contributed by atoms with van der Waals surface area (Å²) in [6, 6.07) is 5.51. The van der Waals surface area contributed by atoms with Crippen LogP contribution in [-0.2, 0) is 0 Å². The molecular weight excluding hydrogens is 218 g/mol. The van der Waals surface area contributed by atoms with E-state index in [9.17, 15) is 0 Å². The molecule has 1 aromatic rings. The highest BCUT2D eigenvalue weighted by atomic mass is 14.9. The molecule has 1 fully saturated rings. The molecule has 2 atom stereocenters. The smallest absolute Gasteiger partial charge is 0.00698 e. The zero-order chi connectivity index (χ0) is 13.1. The monoisotopic (exact) mass is 245 g/mol. The number of rotatable bonds is 2. The van der Waals surface area contributed by atoms with Gasteiger partial charge in [-0.15, -0.1) is 0 Å². The lowest BCUT2D eigenvalue weighted by Gasteiger charge is -2.22. The van der Waals surface area contributed by atoms with E-state index in [1.807, 2.05) is 0 Å². The summed E-state index contributed by atoms with van der Waals surface area (Å²) in [6.07, 6.45) is 6.78. The molecule has 0 amide bonds.